The van der Waals surface area contributed by atoms with Crippen LogP contribution in [0.2, 0.25) is 0 Å². The first kappa shape index (κ1) is 35.5. The van der Waals surface area contributed by atoms with Crippen molar-refractivity contribution in [2.45, 2.75) is 0 Å². The molecule has 0 saturated heterocycles. The maximum absolute atomic E-state index is 6.36. The molecule has 3 heterocycles. The maximum Gasteiger partial charge on any atom is 0.164 e. The summed E-state index contributed by atoms with van der Waals surface area (Å²) >= 11 is 0. The Bertz CT molecular complexity index is 3560. The number of nitrogens with zero attached hydrogens (tertiary/aromatic N) is 4. The van der Waals surface area contributed by atoms with Crippen molar-refractivity contribution in [1.82, 2.24) is 19.5 Å². The van der Waals surface area contributed by atoms with Crippen molar-refractivity contribution in [2.24, 2.45) is 0 Å². The van der Waals surface area contributed by atoms with Gasteiger partial charge in [-0.15, -0.1) is 0 Å². The van der Waals surface area contributed by atoms with Gasteiger partial charge in [0.05, 0.1) is 11.0 Å². The zero-order valence-electron chi connectivity index (χ0n) is 33.5. The fraction of sp³-hybridized carbons (Fsp3) is 0. The predicted octanol–water partition coefficient (Wildman–Crippen LogP) is 14.9. The van der Waals surface area contributed by atoms with Gasteiger partial charge >= 0.3 is 0 Å². The average Bonchev–Trinajstić information content (AvgIpc) is 3.90. The van der Waals surface area contributed by atoms with Crippen LogP contribution in [0.3, 0.4) is 0 Å². The van der Waals surface area contributed by atoms with Crippen molar-refractivity contribution >= 4 is 43.7 Å². The molecule has 0 unspecified atom stereocenters. The summed E-state index contributed by atoms with van der Waals surface area (Å²) in [7, 11) is 0. The van der Waals surface area contributed by atoms with Gasteiger partial charge in [0.1, 0.15) is 11.2 Å². The Morgan fingerprint density at radius 1 is 0.306 bits per heavy atom. The lowest BCUT2D eigenvalue weighted by Gasteiger charge is -2.15. The summed E-state index contributed by atoms with van der Waals surface area (Å²) in [5.74, 6) is 1.87. The molecular weight excluding hydrogens is 757 g/mol. The van der Waals surface area contributed by atoms with Crippen molar-refractivity contribution in [1.29, 1.82) is 0 Å². The summed E-state index contributed by atoms with van der Waals surface area (Å²) < 4.78 is 8.77. The molecule has 0 spiro atoms. The van der Waals surface area contributed by atoms with Crippen molar-refractivity contribution in [3.63, 3.8) is 0 Å². The van der Waals surface area contributed by atoms with Crippen LogP contribution in [0.15, 0.2) is 223 Å². The number of rotatable bonds is 7. The molecule has 0 aliphatic carbocycles. The van der Waals surface area contributed by atoms with E-state index in [1.165, 1.54) is 5.56 Å². The van der Waals surface area contributed by atoms with Gasteiger partial charge in [0.15, 0.2) is 17.5 Å². The second kappa shape index (κ2) is 14.7. The smallest absolute Gasteiger partial charge is 0.164 e. The summed E-state index contributed by atoms with van der Waals surface area (Å²) in [6.07, 6.45) is 0. The number of benzene rings is 9. The Labute approximate surface area is 357 Å². The van der Waals surface area contributed by atoms with Crippen LogP contribution in [0.5, 0.6) is 0 Å². The van der Waals surface area contributed by atoms with Crippen molar-refractivity contribution < 1.29 is 4.42 Å². The number of aromatic nitrogens is 4. The molecule has 5 heteroatoms. The van der Waals surface area contributed by atoms with E-state index in [9.17, 15) is 0 Å². The van der Waals surface area contributed by atoms with E-state index in [1.807, 2.05) is 72.8 Å². The molecule has 12 aromatic rings. The highest BCUT2D eigenvalue weighted by molar-refractivity contribution is 6.16. The van der Waals surface area contributed by atoms with E-state index in [0.717, 1.165) is 93.9 Å². The van der Waals surface area contributed by atoms with Crippen LogP contribution < -0.4 is 0 Å². The summed E-state index contributed by atoms with van der Waals surface area (Å²) in [5.41, 5.74) is 14.6. The van der Waals surface area contributed by atoms with Gasteiger partial charge in [-0.1, -0.05) is 164 Å². The van der Waals surface area contributed by atoms with Gasteiger partial charge in [0, 0.05) is 49.5 Å². The second-order valence-electron chi connectivity index (χ2n) is 15.6. The third-order valence-electron chi connectivity index (χ3n) is 11.8. The molecule has 0 aliphatic rings. The Hall–Kier alpha value is -8.41. The number of para-hydroxylation sites is 1. The summed E-state index contributed by atoms with van der Waals surface area (Å²) in [5, 5.41) is 4.56. The summed E-state index contributed by atoms with van der Waals surface area (Å²) in [6, 6.07) is 76.6. The first-order valence-corrected chi connectivity index (χ1v) is 20.8. The highest BCUT2D eigenvalue weighted by atomic mass is 16.3. The van der Waals surface area contributed by atoms with Crippen LogP contribution in [0.4, 0.5) is 0 Å². The van der Waals surface area contributed by atoms with Gasteiger partial charge < -0.3 is 8.98 Å². The first-order valence-electron chi connectivity index (χ1n) is 20.8. The zero-order chi connectivity index (χ0) is 41.0. The average molecular weight is 793 g/mol. The lowest BCUT2D eigenvalue weighted by molar-refractivity contribution is 0.669. The van der Waals surface area contributed by atoms with Crippen molar-refractivity contribution in [3.8, 4) is 73.2 Å². The molecule has 0 atom stereocenters. The fourth-order valence-electron chi connectivity index (χ4n) is 8.86. The maximum atomic E-state index is 6.36. The molecule has 0 aliphatic heterocycles. The van der Waals surface area contributed by atoms with Crippen molar-refractivity contribution in [3.05, 3.63) is 218 Å². The SMILES string of the molecule is c1ccc(-c2cc(-c3ccccc3)c3c(c2)c2cc(-c4ccc5c(c4)oc4ccccc45)ccc2n3-c2cccc(-c3nc(-c4ccccc4)nc(-c4ccccc4)n3)c2)cc1. The summed E-state index contributed by atoms with van der Waals surface area (Å²) in [4.78, 5) is 15.2. The van der Waals surface area contributed by atoms with Gasteiger partial charge in [-0.05, 0) is 82.4 Å². The van der Waals surface area contributed by atoms with Crippen LogP contribution >= 0.6 is 0 Å². The molecule has 0 bridgehead atoms. The largest absolute Gasteiger partial charge is 0.456 e. The third kappa shape index (κ3) is 6.14. The minimum atomic E-state index is 0.609. The molecule has 9 aromatic carbocycles. The fourth-order valence-corrected chi connectivity index (χ4v) is 8.86. The molecular formula is C57H36N4O. The van der Waals surface area contributed by atoms with E-state index in [4.69, 9.17) is 19.4 Å². The lowest BCUT2D eigenvalue weighted by Crippen LogP contribution is -2.01. The Morgan fingerprint density at radius 3 is 1.53 bits per heavy atom. The quantitative estimate of drug-likeness (QED) is 0.161. The van der Waals surface area contributed by atoms with Crippen LogP contribution in [-0.2, 0) is 0 Å². The van der Waals surface area contributed by atoms with Gasteiger partial charge in [-0.25, -0.2) is 15.0 Å². The van der Waals surface area contributed by atoms with Crippen LogP contribution in [0.25, 0.3) is 117 Å². The van der Waals surface area contributed by atoms with E-state index in [1.54, 1.807) is 0 Å². The third-order valence-corrected chi connectivity index (χ3v) is 11.8. The number of hydrogen-bond acceptors (Lipinski definition) is 4. The summed E-state index contributed by atoms with van der Waals surface area (Å²) in [6.45, 7) is 0. The number of fused-ring (bicyclic) bond motifs is 6. The van der Waals surface area contributed by atoms with Gasteiger partial charge in [0.2, 0.25) is 0 Å². The zero-order valence-corrected chi connectivity index (χ0v) is 33.5. The molecule has 0 saturated carbocycles. The Balaban J connectivity index is 1.11. The number of furan rings is 1. The van der Waals surface area contributed by atoms with Gasteiger partial charge in [0.25, 0.3) is 0 Å². The van der Waals surface area contributed by atoms with Gasteiger partial charge in [-0.3, -0.25) is 0 Å². The molecule has 3 aromatic heterocycles. The molecule has 290 valence electrons. The minimum Gasteiger partial charge on any atom is -0.456 e. The molecule has 12 rings (SSSR count). The van der Waals surface area contributed by atoms with E-state index < -0.39 is 0 Å². The molecule has 0 radical (unpaired) electrons. The van der Waals surface area contributed by atoms with E-state index in [2.05, 4.69) is 150 Å². The Morgan fingerprint density at radius 2 is 0.839 bits per heavy atom. The minimum absolute atomic E-state index is 0.609. The monoisotopic (exact) mass is 792 g/mol. The highest BCUT2D eigenvalue weighted by Gasteiger charge is 2.21. The molecule has 62 heavy (non-hydrogen) atoms. The molecule has 0 amide bonds. The lowest BCUT2D eigenvalue weighted by atomic mass is 9.95. The Kier molecular flexibility index (Phi) is 8.42. The second-order valence-corrected chi connectivity index (χ2v) is 15.6. The molecule has 0 fully saturated rings. The van der Waals surface area contributed by atoms with Crippen molar-refractivity contribution in [2.75, 3.05) is 0 Å². The number of hydrogen-bond donors (Lipinski definition) is 0. The van der Waals surface area contributed by atoms with E-state index in [0.29, 0.717) is 17.5 Å². The van der Waals surface area contributed by atoms with Gasteiger partial charge in [-0.2, -0.15) is 0 Å². The predicted molar refractivity (Wildman–Crippen MR) is 254 cm³/mol. The topological polar surface area (TPSA) is 56.7 Å². The van der Waals surface area contributed by atoms with E-state index in [-0.39, 0.29) is 0 Å². The molecule has 5 nitrogen and oxygen atoms in total. The van der Waals surface area contributed by atoms with Crippen LogP contribution in [0.1, 0.15) is 0 Å². The first-order chi connectivity index (χ1) is 30.7. The normalized spacial score (nSPS) is 11.5. The van der Waals surface area contributed by atoms with Crippen LogP contribution in [-0.4, -0.2) is 19.5 Å². The standard InChI is InChI=1S/C57H36N4O/c1-5-16-37(17-6-1)44-34-48(38-18-7-2-8-19-38)54-50(35-44)49-33-41(42-28-30-47-46-26-13-14-27-52(46)62-53(47)36-42)29-31-51(49)61(54)45-25-15-24-43(32-45)57-59-55(39-20-9-3-10-21-39)58-56(60-57)40-22-11-4-12-23-40/h1-36H. The highest BCUT2D eigenvalue weighted by Crippen LogP contribution is 2.43. The molecule has 0 N–H and O–H groups in total. The van der Waals surface area contributed by atoms with E-state index >= 15 is 0 Å². The van der Waals surface area contributed by atoms with Crippen LogP contribution in [0, 0.1) is 0 Å².